The molecule has 4 amide bonds. The predicted molar refractivity (Wildman–Crippen MR) is 106 cm³/mol. The van der Waals surface area contributed by atoms with E-state index in [1.54, 1.807) is 31.2 Å². The third kappa shape index (κ3) is 3.73. The highest BCUT2D eigenvalue weighted by molar-refractivity contribution is 9.10. The van der Waals surface area contributed by atoms with Crippen LogP contribution in [0.4, 0.5) is 10.5 Å². The SMILES string of the molecule is CCc1ccccc1NC(=O)CN1C(=O)NC(C)(c2cccc(Br)c2)C1=O. The highest BCUT2D eigenvalue weighted by Gasteiger charge is 2.49. The highest BCUT2D eigenvalue weighted by atomic mass is 79.9. The van der Waals surface area contributed by atoms with Crippen molar-refractivity contribution in [2.45, 2.75) is 25.8 Å². The van der Waals surface area contributed by atoms with Crippen LogP contribution in [0.5, 0.6) is 0 Å². The van der Waals surface area contributed by atoms with Crippen molar-refractivity contribution < 1.29 is 14.4 Å². The number of para-hydroxylation sites is 1. The van der Waals surface area contributed by atoms with Gasteiger partial charge in [-0.25, -0.2) is 4.79 Å². The van der Waals surface area contributed by atoms with Crippen molar-refractivity contribution in [3.05, 3.63) is 64.1 Å². The molecule has 0 saturated carbocycles. The third-order valence-electron chi connectivity index (χ3n) is 4.65. The minimum Gasteiger partial charge on any atom is -0.324 e. The van der Waals surface area contributed by atoms with Crippen molar-refractivity contribution in [1.29, 1.82) is 0 Å². The maximum atomic E-state index is 12.9. The summed E-state index contributed by atoms with van der Waals surface area (Å²) >= 11 is 3.37. The van der Waals surface area contributed by atoms with Crippen LogP contribution in [0.1, 0.15) is 25.0 Å². The molecule has 2 aromatic rings. The lowest BCUT2D eigenvalue weighted by molar-refractivity contribution is -0.133. The van der Waals surface area contributed by atoms with Gasteiger partial charge in [0.1, 0.15) is 12.1 Å². The molecule has 1 aliphatic heterocycles. The Balaban J connectivity index is 1.77. The Kier molecular flexibility index (Phi) is 5.32. The van der Waals surface area contributed by atoms with Crippen molar-refractivity contribution in [2.75, 3.05) is 11.9 Å². The zero-order valence-corrected chi connectivity index (χ0v) is 16.7. The van der Waals surface area contributed by atoms with Crippen LogP contribution in [0.15, 0.2) is 53.0 Å². The number of hydrogen-bond acceptors (Lipinski definition) is 3. The fraction of sp³-hybridized carbons (Fsp3) is 0.250. The van der Waals surface area contributed by atoms with E-state index in [1.165, 1.54) is 0 Å². The van der Waals surface area contributed by atoms with Crippen LogP contribution >= 0.6 is 15.9 Å². The summed E-state index contributed by atoms with van der Waals surface area (Å²) in [6.07, 6.45) is 0.764. The van der Waals surface area contributed by atoms with Crippen LogP contribution in [-0.2, 0) is 21.5 Å². The molecule has 1 heterocycles. The number of benzene rings is 2. The number of amides is 4. The van der Waals surface area contributed by atoms with Gasteiger partial charge in [-0.2, -0.15) is 0 Å². The van der Waals surface area contributed by atoms with Gasteiger partial charge in [0.05, 0.1) is 0 Å². The maximum Gasteiger partial charge on any atom is 0.325 e. The van der Waals surface area contributed by atoms with Crippen LogP contribution in [0.25, 0.3) is 0 Å². The van der Waals surface area contributed by atoms with Crippen LogP contribution in [0.3, 0.4) is 0 Å². The summed E-state index contributed by atoms with van der Waals surface area (Å²) in [4.78, 5) is 38.7. The summed E-state index contributed by atoms with van der Waals surface area (Å²) in [6.45, 7) is 3.29. The topological polar surface area (TPSA) is 78.5 Å². The molecule has 0 spiro atoms. The average Bonchev–Trinajstić information content (AvgIpc) is 2.86. The van der Waals surface area contributed by atoms with E-state index in [4.69, 9.17) is 0 Å². The maximum absolute atomic E-state index is 12.9. The van der Waals surface area contributed by atoms with E-state index in [0.717, 1.165) is 21.4 Å². The van der Waals surface area contributed by atoms with Gasteiger partial charge in [-0.15, -0.1) is 0 Å². The van der Waals surface area contributed by atoms with E-state index in [0.29, 0.717) is 11.3 Å². The largest absolute Gasteiger partial charge is 0.325 e. The summed E-state index contributed by atoms with van der Waals surface area (Å²) in [7, 11) is 0. The number of anilines is 1. The lowest BCUT2D eigenvalue weighted by Gasteiger charge is -2.22. The van der Waals surface area contributed by atoms with Gasteiger partial charge < -0.3 is 10.6 Å². The smallest absolute Gasteiger partial charge is 0.324 e. The molecule has 1 unspecified atom stereocenters. The summed E-state index contributed by atoms with van der Waals surface area (Å²) < 4.78 is 0.802. The Morgan fingerprint density at radius 1 is 1.19 bits per heavy atom. The second kappa shape index (κ2) is 7.52. The number of carbonyl (C=O) groups excluding carboxylic acids is 3. The Morgan fingerprint density at radius 3 is 2.63 bits per heavy atom. The van der Waals surface area contributed by atoms with Crippen molar-refractivity contribution >= 4 is 39.5 Å². The second-order valence-electron chi connectivity index (χ2n) is 6.52. The van der Waals surface area contributed by atoms with E-state index < -0.39 is 23.4 Å². The molecule has 6 nitrogen and oxygen atoms in total. The number of halogens is 1. The van der Waals surface area contributed by atoms with Gasteiger partial charge in [0.25, 0.3) is 5.91 Å². The van der Waals surface area contributed by atoms with Gasteiger partial charge in [0, 0.05) is 10.2 Å². The standard InChI is InChI=1S/C20H20BrN3O3/c1-3-13-7-4-5-10-16(13)22-17(25)12-24-18(26)20(2,23-19(24)27)14-8-6-9-15(21)11-14/h4-11H,3,12H2,1-2H3,(H,22,25)(H,23,27). The first-order valence-corrected chi connectivity index (χ1v) is 9.42. The molecule has 0 radical (unpaired) electrons. The van der Waals surface area contributed by atoms with Crippen molar-refractivity contribution in [1.82, 2.24) is 10.2 Å². The normalized spacial score (nSPS) is 19.1. The summed E-state index contributed by atoms with van der Waals surface area (Å²) in [5.41, 5.74) is 1.12. The lowest BCUT2D eigenvalue weighted by atomic mass is 9.92. The Bertz CT molecular complexity index is 915. The van der Waals surface area contributed by atoms with E-state index in [9.17, 15) is 14.4 Å². The van der Waals surface area contributed by atoms with Gasteiger partial charge in [0.2, 0.25) is 5.91 Å². The van der Waals surface area contributed by atoms with Crippen LogP contribution < -0.4 is 10.6 Å². The van der Waals surface area contributed by atoms with Gasteiger partial charge >= 0.3 is 6.03 Å². The molecule has 27 heavy (non-hydrogen) atoms. The molecule has 1 aliphatic rings. The molecule has 3 rings (SSSR count). The molecule has 7 heteroatoms. The minimum atomic E-state index is -1.21. The molecule has 1 atom stereocenters. The number of imide groups is 1. The van der Waals surface area contributed by atoms with E-state index in [1.807, 2.05) is 31.2 Å². The van der Waals surface area contributed by atoms with Crippen molar-refractivity contribution in [2.24, 2.45) is 0 Å². The lowest BCUT2D eigenvalue weighted by Crippen LogP contribution is -2.42. The van der Waals surface area contributed by atoms with Crippen molar-refractivity contribution in [3.63, 3.8) is 0 Å². The molecule has 2 aromatic carbocycles. The number of nitrogens with zero attached hydrogens (tertiary/aromatic N) is 1. The van der Waals surface area contributed by atoms with Gasteiger partial charge in [0.15, 0.2) is 0 Å². The number of carbonyl (C=O) groups is 3. The monoisotopic (exact) mass is 429 g/mol. The Morgan fingerprint density at radius 2 is 1.93 bits per heavy atom. The number of nitrogens with one attached hydrogen (secondary N) is 2. The van der Waals surface area contributed by atoms with Gasteiger partial charge in [-0.3, -0.25) is 14.5 Å². The van der Waals surface area contributed by atoms with E-state index >= 15 is 0 Å². The van der Waals surface area contributed by atoms with Crippen LogP contribution in [-0.4, -0.2) is 29.3 Å². The van der Waals surface area contributed by atoms with Gasteiger partial charge in [-0.05, 0) is 42.7 Å². The third-order valence-corrected chi connectivity index (χ3v) is 5.14. The number of aryl methyl sites for hydroxylation is 1. The molecule has 0 aliphatic carbocycles. The number of hydrogen-bond donors (Lipinski definition) is 2. The molecule has 1 fully saturated rings. The first kappa shape index (κ1) is 19.1. The molecule has 2 N–H and O–H groups in total. The second-order valence-corrected chi connectivity index (χ2v) is 7.43. The first-order valence-electron chi connectivity index (χ1n) is 8.63. The minimum absolute atomic E-state index is 0.341. The fourth-order valence-corrected chi connectivity index (χ4v) is 3.52. The summed E-state index contributed by atoms with van der Waals surface area (Å²) in [6, 6.07) is 14.0. The predicted octanol–water partition coefficient (Wildman–Crippen LogP) is 3.42. The molecule has 140 valence electrons. The van der Waals surface area contributed by atoms with Crippen LogP contribution in [0, 0.1) is 0 Å². The number of rotatable bonds is 5. The highest BCUT2D eigenvalue weighted by Crippen LogP contribution is 2.30. The van der Waals surface area contributed by atoms with Crippen LogP contribution in [0.2, 0.25) is 0 Å². The quantitative estimate of drug-likeness (QED) is 0.714. The zero-order chi connectivity index (χ0) is 19.6. The average molecular weight is 430 g/mol. The fourth-order valence-electron chi connectivity index (χ4n) is 3.12. The Hall–Kier alpha value is -2.67. The molecule has 0 aromatic heterocycles. The van der Waals surface area contributed by atoms with E-state index in [-0.39, 0.29) is 6.54 Å². The van der Waals surface area contributed by atoms with E-state index in [2.05, 4.69) is 26.6 Å². The Labute approximate surface area is 166 Å². The molecular formula is C20H20BrN3O3. The first-order chi connectivity index (χ1) is 12.8. The molecular weight excluding hydrogens is 410 g/mol. The summed E-state index contributed by atoms with van der Waals surface area (Å²) in [5.74, 6) is -0.873. The molecule has 0 bridgehead atoms. The molecule has 1 saturated heterocycles. The number of urea groups is 1. The van der Waals surface area contributed by atoms with Gasteiger partial charge in [-0.1, -0.05) is 53.2 Å². The summed E-state index contributed by atoms with van der Waals surface area (Å²) in [5, 5.41) is 5.49. The van der Waals surface area contributed by atoms with Crippen molar-refractivity contribution in [3.8, 4) is 0 Å². The zero-order valence-electron chi connectivity index (χ0n) is 15.1.